The van der Waals surface area contributed by atoms with Gasteiger partial charge in [-0.1, -0.05) is 6.92 Å². The van der Waals surface area contributed by atoms with Gasteiger partial charge in [0.15, 0.2) is 11.6 Å². The van der Waals surface area contributed by atoms with Crippen LogP contribution in [0.15, 0.2) is 28.1 Å². The second kappa shape index (κ2) is 6.95. The molecule has 0 spiro atoms. The minimum Gasteiger partial charge on any atom is -0.490 e. The van der Waals surface area contributed by atoms with Gasteiger partial charge in [0.1, 0.15) is 0 Å². The van der Waals surface area contributed by atoms with Crippen molar-refractivity contribution in [3.8, 4) is 5.75 Å². The highest BCUT2D eigenvalue weighted by Gasteiger charge is 2.09. The Kier molecular flexibility index (Phi) is 5.25. The molecule has 2 rings (SSSR count). The number of anilines is 2. The molecule has 20 heavy (non-hydrogen) atoms. The molecule has 0 fully saturated rings. The first-order valence-corrected chi connectivity index (χ1v) is 7.91. The summed E-state index contributed by atoms with van der Waals surface area (Å²) in [6, 6.07) is 6.92. The molecule has 0 saturated heterocycles. The number of nitrogens with two attached hydrogens (primary N) is 1. The highest BCUT2D eigenvalue weighted by molar-refractivity contribution is 9.11. The van der Waals surface area contributed by atoms with E-state index in [1.807, 2.05) is 19.1 Å². The third-order valence-electron chi connectivity index (χ3n) is 2.65. The Bertz CT molecular complexity index is 589. The van der Waals surface area contributed by atoms with Crippen molar-refractivity contribution in [2.45, 2.75) is 19.9 Å². The van der Waals surface area contributed by atoms with Crippen LogP contribution in [0, 0.1) is 5.82 Å². The highest BCUT2D eigenvalue weighted by atomic mass is 79.9. The molecule has 1 heterocycles. The lowest BCUT2D eigenvalue weighted by Crippen LogP contribution is -2.04. The largest absolute Gasteiger partial charge is 0.490 e. The Morgan fingerprint density at radius 2 is 2.20 bits per heavy atom. The molecule has 0 aliphatic rings. The number of rotatable bonds is 6. The van der Waals surface area contributed by atoms with E-state index in [0.29, 0.717) is 24.5 Å². The van der Waals surface area contributed by atoms with Crippen LogP contribution in [-0.4, -0.2) is 6.61 Å². The van der Waals surface area contributed by atoms with Crippen molar-refractivity contribution in [2.24, 2.45) is 0 Å². The van der Waals surface area contributed by atoms with Crippen molar-refractivity contribution in [1.82, 2.24) is 0 Å². The van der Waals surface area contributed by atoms with Crippen LogP contribution in [0.2, 0.25) is 0 Å². The summed E-state index contributed by atoms with van der Waals surface area (Å²) in [6.45, 7) is 3.10. The van der Waals surface area contributed by atoms with Gasteiger partial charge in [0, 0.05) is 23.6 Å². The normalized spacial score (nSPS) is 10.6. The SMILES string of the molecule is CCCOc1cc(NCc2ccc(Br)s2)c(N)cc1F. The molecule has 0 atom stereocenters. The van der Waals surface area contributed by atoms with Gasteiger partial charge >= 0.3 is 0 Å². The van der Waals surface area contributed by atoms with Crippen molar-refractivity contribution < 1.29 is 9.13 Å². The van der Waals surface area contributed by atoms with Gasteiger partial charge in [0.2, 0.25) is 0 Å². The molecule has 0 bridgehead atoms. The molecule has 6 heteroatoms. The summed E-state index contributed by atoms with van der Waals surface area (Å²) in [7, 11) is 0. The summed E-state index contributed by atoms with van der Waals surface area (Å²) >= 11 is 5.06. The molecule has 0 saturated carbocycles. The van der Waals surface area contributed by atoms with Gasteiger partial charge in [0.25, 0.3) is 0 Å². The van der Waals surface area contributed by atoms with E-state index in [0.717, 1.165) is 15.1 Å². The summed E-state index contributed by atoms with van der Waals surface area (Å²) in [5.41, 5.74) is 6.88. The molecule has 3 nitrogen and oxygen atoms in total. The Morgan fingerprint density at radius 1 is 1.40 bits per heavy atom. The van der Waals surface area contributed by atoms with E-state index in [4.69, 9.17) is 10.5 Å². The van der Waals surface area contributed by atoms with Crippen LogP contribution in [0.1, 0.15) is 18.2 Å². The summed E-state index contributed by atoms with van der Waals surface area (Å²) in [4.78, 5) is 1.16. The van der Waals surface area contributed by atoms with Crippen LogP contribution >= 0.6 is 27.3 Å². The lowest BCUT2D eigenvalue weighted by atomic mass is 10.2. The molecule has 0 aliphatic carbocycles. The molecule has 0 unspecified atom stereocenters. The lowest BCUT2D eigenvalue weighted by molar-refractivity contribution is 0.301. The van der Waals surface area contributed by atoms with Crippen LogP contribution in [0.3, 0.4) is 0 Å². The van der Waals surface area contributed by atoms with Crippen molar-refractivity contribution in [2.75, 3.05) is 17.7 Å². The number of ether oxygens (including phenoxy) is 1. The van der Waals surface area contributed by atoms with Gasteiger partial charge in [-0.2, -0.15) is 0 Å². The minimum absolute atomic E-state index is 0.232. The van der Waals surface area contributed by atoms with Crippen molar-refractivity contribution in [1.29, 1.82) is 0 Å². The zero-order valence-electron chi connectivity index (χ0n) is 11.1. The predicted molar refractivity (Wildman–Crippen MR) is 85.9 cm³/mol. The minimum atomic E-state index is -0.430. The van der Waals surface area contributed by atoms with Crippen molar-refractivity contribution in [3.63, 3.8) is 0 Å². The van der Waals surface area contributed by atoms with E-state index in [1.54, 1.807) is 17.4 Å². The Morgan fingerprint density at radius 3 is 2.85 bits per heavy atom. The van der Waals surface area contributed by atoms with Gasteiger partial charge in [0.05, 0.1) is 21.8 Å². The summed E-state index contributed by atoms with van der Waals surface area (Å²) in [5, 5.41) is 3.20. The number of thiophene rings is 1. The molecule has 0 radical (unpaired) electrons. The first-order valence-electron chi connectivity index (χ1n) is 6.30. The Labute approximate surface area is 130 Å². The summed E-state index contributed by atoms with van der Waals surface area (Å²) in [5.74, 6) is -0.198. The predicted octanol–water partition coefficient (Wildman–Crippen LogP) is 4.63. The zero-order chi connectivity index (χ0) is 14.5. The maximum absolute atomic E-state index is 13.7. The average molecular weight is 359 g/mol. The summed E-state index contributed by atoms with van der Waals surface area (Å²) in [6.07, 6.45) is 0.829. The van der Waals surface area contributed by atoms with Gasteiger partial charge in [-0.05, 0) is 34.5 Å². The molecule has 0 aliphatic heterocycles. The molecule has 2 aromatic rings. The first-order chi connectivity index (χ1) is 9.60. The van der Waals surface area contributed by atoms with Crippen LogP contribution in [-0.2, 0) is 6.54 Å². The van der Waals surface area contributed by atoms with E-state index in [1.165, 1.54) is 6.07 Å². The highest BCUT2D eigenvalue weighted by Crippen LogP contribution is 2.29. The number of benzene rings is 1. The number of nitrogen functional groups attached to an aromatic ring is 1. The topological polar surface area (TPSA) is 47.3 Å². The van der Waals surface area contributed by atoms with Gasteiger partial charge in [-0.15, -0.1) is 11.3 Å². The molecular formula is C14H16BrFN2OS. The molecule has 3 N–H and O–H groups in total. The second-order valence-corrected chi connectivity index (χ2v) is 6.83. The number of hydrogen-bond donors (Lipinski definition) is 2. The molecule has 108 valence electrons. The lowest BCUT2D eigenvalue weighted by Gasteiger charge is -2.12. The van der Waals surface area contributed by atoms with Crippen molar-refractivity contribution >= 4 is 38.6 Å². The fraction of sp³-hybridized carbons (Fsp3) is 0.286. The smallest absolute Gasteiger partial charge is 0.167 e. The Balaban J connectivity index is 2.09. The van der Waals surface area contributed by atoms with E-state index in [9.17, 15) is 4.39 Å². The molecule has 0 amide bonds. The number of hydrogen-bond acceptors (Lipinski definition) is 4. The monoisotopic (exact) mass is 358 g/mol. The van der Waals surface area contributed by atoms with E-state index >= 15 is 0 Å². The van der Waals surface area contributed by atoms with E-state index in [2.05, 4.69) is 21.2 Å². The molecule has 1 aromatic carbocycles. The third kappa shape index (κ3) is 3.86. The maximum Gasteiger partial charge on any atom is 0.167 e. The standard InChI is InChI=1S/C14H16BrFN2OS/c1-2-5-19-13-7-12(11(17)6-10(13)16)18-8-9-3-4-14(15)20-9/h3-4,6-7,18H,2,5,8,17H2,1H3. The van der Waals surface area contributed by atoms with Gasteiger partial charge < -0.3 is 15.8 Å². The van der Waals surface area contributed by atoms with Crippen molar-refractivity contribution in [3.05, 3.63) is 38.7 Å². The molecule has 1 aromatic heterocycles. The number of halogens is 2. The number of nitrogens with one attached hydrogen (secondary N) is 1. The summed E-state index contributed by atoms with van der Waals surface area (Å²) < 4.78 is 20.1. The second-order valence-electron chi connectivity index (χ2n) is 4.28. The van der Waals surface area contributed by atoms with E-state index < -0.39 is 5.82 Å². The van der Waals surface area contributed by atoms with Crippen LogP contribution in [0.4, 0.5) is 15.8 Å². The van der Waals surface area contributed by atoms with Gasteiger partial charge in [-0.25, -0.2) is 4.39 Å². The fourth-order valence-corrected chi connectivity index (χ4v) is 3.10. The first kappa shape index (κ1) is 15.1. The van der Waals surface area contributed by atoms with Gasteiger partial charge in [-0.3, -0.25) is 0 Å². The molecular weight excluding hydrogens is 343 g/mol. The average Bonchev–Trinajstić information content (AvgIpc) is 2.82. The van der Waals surface area contributed by atoms with E-state index in [-0.39, 0.29) is 5.75 Å². The van der Waals surface area contributed by atoms with Crippen LogP contribution in [0.25, 0.3) is 0 Å². The maximum atomic E-state index is 13.7. The fourth-order valence-electron chi connectivity index (χ4n) is 1.67. The quantitative estimate of drug-likeness (QED) is 0.739. The third-order valence-corrected chi connectivity index (χ3v) is 4.27. The zero-order valence-corrected chi connectivity index (χ0v) is 13.5. The van der Waals surface area contributed by atoms with Crippen LogP contribution in [0.5, 0.6) is 5.75 Å². The Hall–Kier alpha value is -1.27. The van der Waals surface area contributed by atoms with Crippen LogP contribution < -0.4 is 15.8 Å².